The molecule has 2 aromatic rings. The summed E-state index contributed by atoms with van der Waals surface area (Å²) in [6.45, 7) is 2.20. The zero-order valence-electron chi connectivity index (χ0n) is 10.6. The first kappa shape index (κ1) is 14.3. The van der Waals surface area contributed by atoms with Gasteiger partial charge in [-0.25, -0.2) is 9.37 Å². The summed E-state index contributed by atoms with van der Waals surface area (Å²) in [6, 6.07) is 7.17. The third-order valence-corrected chi connectivity index (χ3v) is 2.63. The maximum Gasteiger partial charge on any atom is 0.416 e. The Morgan fingerprint density at radius 2 is 1.90 bits per heavy atom. The van der Waals surface area contributed by atoms with Gasteiger partial charge in [0.15, 0.2) is 0 Å². The molecular formula is C14H12F4N2. The highest BCUT2D eigenvalue weighted by Gasteiger charge is 2.31. The number of rotatable bonds is 3. The van der Waals surface area contributed by atoms with E-state index < -0.39 is 17.6 Å². The molecule has 0 aliphatic carbocycles. The number of nitrogens with one attached hydrogen (secondary N) is 1. The highest BCUT2D eigenvalue weighted by Crippen LogP contribution is 2.33. The molecular weight excluding hydrogens is 272 g/mol. The van der Waals surface area contributed by atoms with E-state index in [1.165, 1.54) is 18.2 Å². The van der Waals surface area contributed by atoms with Crippen molar-refractivity contribution in [1.82, 2.24) is 4.98 Å². The standard InChI is InChI=1S/C14H12F4N2/c1-2-19-13-8-10(14(16,17)18)7-12(20-13)9-4-3-5-11(15)6-9/h3-8H,2H2,1H3,(H,19,20). The summed E-state index contributed by atoms with van der Waals surface area (Å²) in [6.07, 6.45) is -4.48. The maximum atomic E-state index is 13.2. The molecule has 0 spiro atoms. The number of alkyl halides is 3. The van der Waals surface area contributed by atoms with Gasteiger partial charge in [-0.3, -0.25) is 0 Å². The Kier molecular flexibility index (Phi) is 3.92. The molecule has 0 aliphatic rings. The Hall–Kier alpha value is -2.11. The molecule has 6 heteroatoms. The predicted octanol–water partition coefficient (Wildman–Crippen LogP) is 4.34. The van der Waals surface area contributed by atoms with Crippen LogP contribution in [-0.4, -0.2) is 11.5 Å². The molecule has 0 radical (unpaired) electrons. The van der Waals surface area contributed by atoms with Crippen molar-refractivity contribution in [3.05, 3.63) is 47.8 Å². The Morgan fingerprint density at radius 1 is 1.15 bits per heavy atom. The fourth-order valence-electron chi connectivity index (χ4n) is 1.76. The average molecular weight is 284 g/mol. The molecule has 0 saturated carbocycles. The predicted molar refractivity (Wildman–Crippen MR) is 68.8 cm³/mol. The molecule has 20 heavy (non-hydrogen) atoms. The Morgan fingerprint density at radius 3 is 2.50 bits per heavy atom. The summed E-state index contributed by atoms with van der Waals surface area (Å²) < 4.78 is 51.7. The number of halogens is 4. The van der Waals surface area contributed by atoms with Crippen molar-refractivity contribution in [2.45, 2.75) is 13.1 Å². The monoisotopic (exact) mass is 284 g/mol. The second kappa shape index (κ2) is 5.48. The normalized spacial score (nSPS) is 11.4. The molecule has 1 aromatic heterocycles. The number of anilines is 1. The van der Waals surface area contributed by atoms with Crippen LogP contribution in [0.1, 0.15) is 12.5 Å². The van der Waals surface area contributed by atoms with Crippen LogP contribution >= 0.6 is 0 Å². The van der Waals surface area contributed by atoms with Crippen molar-refractivity contribution in [1.29, 1.82) is 0 Å². The molecule has 2 nitrogen and oxygen atoms in total. The van der Waals surface area contributed by atoms with Gasteiger partial charge in [0.25, 0.3) is 0 Å². The summed E-state index contributed by atoms with van der Waals surface area (Å²) in [7, 11) is 0. The van der Waals surface area contributed by atoms with Crippen LogP contribution in [0, 0.1) is 5.82 Å². The second-order valence-electron chi connectivity index (χ2n) is 4.16. The Balaban J connectivity index is 2.54. The van der Waals surface area contributed by atoms with E-state index in [-0.39, 0.29) is 11.5 Å². The molecule has 0 atom stereocenters. The molecule has 1 aromatic carbocycles. The topological polar surface area (TPSA) is 24.9 Å². The van der Waals surface area contributed by atoms with Gasteiger partial charge in [-0.2, -0.15) is 13.2 Å². The van der Waals surface area contributed by atoms with Crippen molar-refractivity contribution in [3.8, 4) is 11.3 Å². The average Bonchev–Trinajstić information content (AvgIpc) is 2.38. The van der Waals surface area contributed by atoms with Crippen LogP contribution in [0.3, 0.4) is 0 Å². The quantitative estimate of drug-likeness (QED) is 0.848. The number of pyridine rings is 1. The summed E-state index contributed by atoms with van der Waals surface area (Å²) in [5.74, 6) is -0.409. The number of hydrogen-bond donors (Lipinski definition) is 1. The largest absolute Gasteiger partial charge is 0.416 e. The fourth-order valence-corrected chi connectivity index (χ4v) is 1.76. The molecule has 106 valence electrons. The lowest BCUT2D eigenvalue weighted by molar-refractivity contribution is -0.137. The Labute approximate surface area is 113 Å². The van der Waals surface area contributed by atoms with Crippen LogP contribution in [0.25, 0.3) is 11.3 Å². The van der Waals surface area contributed by atoms with Crippen LogP contribution in [0.5, 0.6) is 0 Å². The summed E-state index contributed by atoms with van der Waals surface area (Å²) >= 11 is 0. The zero-order valence-corrected chi connectivity index (χ0v) is 10.6. The lowest BCUT2D eigenvalue weighted by Crippen LogP contribution is -2.08. The summed E-state index contributed by atoms with van der Waals surface area (Å²) in [4.78, 5) is 4.07. The van der Waals surface area contributed by atoms with E-state index in [4.69, 9.17) is 0 Å². The van der Waals surface area contributed by atoms with Gasteiger partial charge in [-0.1, -0.05) is 12.1 Å². The van der Waals surface area contributed by atoms with Crippen molar-refractivity contribution < 1.29 is 17.6 Å². The number of nitrogens with zero attached hydrogens (tertiary/aromatic N) is 1. The van der Waals surface area contributed by atoms with Crippen LogP contribution in [0.15, 0.2) is 36.4 Å². The van der Waals surface area contributed by atoms with Crippen LogP contribution in [-0.2, 0) is 6.18 Å². The minimum atomic E-state index is -4.48. The zero-order chi connectivity index (χ0) is 14.8. The number of aromatic nitrogens is 1. The van der Waals surface area contributed by atoms with Crippen LogP contribution in [0.4, 0.5) is 23.4 Å². The molecule has 0 unspecified atom stereocenters. The number of benzene rings is 1. The van der Waals surface area contributed by atoms with Crippen molar-refractivity contribution in [3.63, 3.8) is 0 Å². The van der Waals surface area contributed by atoms with Crippen LogP contribution < -0.4 is 5.32 Å². The van der Waals surface area contributed by atoms with Crippen molar-refractivity contribution >= 4 is 5.82 Å². The smallest absolute Gasteiger partial charge is 0.370 e. The van der Waals surface area contributed by atoms with E-state index in [9.17, 15) is 17.6 Å². The molecule has 0 aliphatic heterocycles. The van der Waals surface area contributed by atoms with Crippen molar-refractivity contribution in [2.24, 2.45) is 0 Å². The van der Waals surface area contributed by atoms with E-state index in [1.54, 1.807) is 6.92 Å². The van der Waals surface area contributed by atoms with Gasteiger partial charge in [-0.15, -0.1) is 0 Å². The first-order valence-electron chi connectivity index (χ1n) is 5.99. The molecule has 2 rings (SSSR count). The molecule has 0 fully saturated rings. The first-order valence-corrected chi connectivity index (χ1v) is 5.99. The third kappa shape index (κ3) is 3.26. The summed E-state index contributed by atoms with van der Waals surface area (Å²) in [5, 5.41) is 2.74. The molecule has 1 heterocycles. The highest BCUT2D eigenvalue weighted by molar-refractivity contribution is 5.63. The SMILES string of the molecule is CCNc1cc(C(F)(F)F)cc(-c2cccc(F)c2)n1. The van der Waals surface area contributed by atoms with E-state index in [1.807, 2.05) is 0 Å². The lowest BCUT2D eigenvalue weighted by Gasteiger charge is -2.12. The maximum absolute atomic E-state index is 13.2. The molecule has 0 amide bonds. The van der Waals surface area contributed by atoms with E-state index in [0.717, 1.165) is 18.2 Å². The minimum absolute atomic E-state index is 0.0790. The van der Waals surface area contributed by atoms with E-state index in [0.29, 0.717) is 12.1 Å². The van der Waals surface area contributed by atoms with E-state index >= 15 is 0 Å². The number of hydrogen-bond acceptors (Lipinski definition) is 2. The van der Waals surface area contributed by atoms with Crippen molar-refractivity contribution in [2.75, 3.05) is 11.9 Å². The lowest BCUT2D eigenvalue weighted by atomic mass is 10.1. The minimum Gasteiger partial charge on any atom is -0.370 e. The van der Waals surface area contributed by atoms with Crippen LogP contribution in [0.2, 0.25) is 0 Å². The molecule has 1 N–H and O–H groups in total. The fraction of sp³-hybridized carbons (Fsp3) is 0.214. The third-order valence-electron chi connectivity index (χ3n) is 2.63. The molecule has 0 bridgehead atoms. The van der Waals surface area contributed by atoms with Gasteiger partial charge in [0.1, 0.15) is 11.6 Å². The Bertz CT molecular complexity index is 608. The van der Waals surface area contributed by atoms with Gasteiger partial charge >= 0.3 is 6.18 Å². The van der Waals surface area contributed by atoms with E-state index in [2.05, 4.69) is 10.3 Å². The van der Waals surface area contributed by atoms with Gasteiger partial charge in [0.05, 0.1) is 11.3 Å². The van der Waals surface area contributed by atoms with Gasteiger partial charge in [-0.05, 0) is 31.2 Å². The first-order chi connectivity index (χ1) is 9.40. The summed E-state index contributed by atoms with van der Waals surface area (Å²) in [5.41, 5.74) is -0.437. The van der Waals surface area contributed by atoms with Gasteiger partial charge < -0.3 is 5.32 Å². The molecule has 0 saturated heterocycles. The van der Waals surface area contributed by atoms with Gasteiger partial charge in [0.2, 0.25) is 0 Å². The van der Waals surface area contributed by atoms with Gasteiger partial charge in [0, 0.05) is 12.1 Å². The highest BCUT2D eigenvalue weighted by atomic mass is 19.4. The second-order valence-corrected chi connectivity index (χ2v) is 4.16.